The topological polar surface area (TPSA) is 98.5 Å². The van der Waals surface area contributed by atoms with Crippen molar-refractivity contribution in [3.8, 4) is 5.75 Å². The van der Waals surface area contributed by atoms with Crippen molar-refractivity contribution in [1.82, 2.24) is 5.32 Å². The third kappa shape index (κ3) is 7.24. The Labute approximate surface area is 166 Å². The number of nitrogens with one attached hydrogen (secondary N) is 1. The van der Waals surface area contributed by atoms with Crippen LogP contribution in [0.1, 0.15) is 45.4 Å². The standard InChI is InChI=1S/C20H29FN2O4S/c1-20(10-11-20)23-19(24)5-3-2-4-12-28(25,26)18-8-6-17(7-9-18)27-15-16(13-21)14-22/h6-9,13H,2-5,10-12,14-15,22H2,1H3,(H,23,24)/b16-13+. The molecule has 0 atom stereocenters. The average Bonchev–Trinajstić information content (AvgIpc) is 3.39. The van der Waals surface area contributed by atoms with Gasteiger partial charge in [-0.05, 0) is 56.9 Å². The molecule has 0 radical (unpaired) electrons. The van der Waals surface area contributed by atoms with Crippen LogP contribution < -0.4 is 15.8 Å². The minimum absolute atomic E-state index is 0.00958. The molecule has 0 saturated heterocycles. The van der Waals surface area contributed by atoms with Crippen molar-refractivity contribution < 1.29 is 22.3 Å². The van der Waals surface area contributed by atoms with Gasteiger partial charge in [0.1, 0.15) is 12.4 Å². The van der Waals surface area contributed by atoms with Gasteiger partial charge in [-0.2, -0.15) is 0 Å². The predicted molar refractivity (Wildman–Crippen MR) is 106 cm³/mol. The van der Waals surface area contributed by atoms with E-state index in [1.807, 2.05) is 6.92 Å². The molecule has 156 valence electrons. The van der Waals surface area contributed by atoms with Crippen molar-refractivity contribution in [1.29, 1.82) is 0 Å². The predicted octanol–water partition coefficient (Wildman–Crippen LogP) is 2.88. The molecular formula is C20H29FN2O4S. The molecule has 1 saturated carbocycles. The first-order valence-corrected chi connectivity index (χ1v) is 11.2. The van der Waals surface area contributed by atoms with Crippen LogP contribution in [0.25, 0.3) is 0 Å². The Bertz CT molecular complexity index is 787. The van der Waals surface area contributed by atoms with Crippen LogP contribution in [0.2, 0.25) is 0 Å². The molecule has 0 spiro atoms. The summed E-state index contributed by atoms with van der Waals surface area (Å²) in [5.41, 5.74) is 5.66. The highest BCUT2D eigenvalue weighted by Gasteiger charge is 2.38. The number of carbonyl (C=O) groups is 1. The number of rotatable bonds is 12. The summed E-state index contributed by atoms with van der Waals surface area (Å²) in [7, 11) is -3.38. The summed E-state index contributed by atoms with van der Waals surface area (Å²) in [6.07, 6.45) is 4.77. The second-order valence-corrected chi connectivity index (χ2v) is 9.58. The normalized spacial score (nSPS) is 15.9. The largest absolute Gasteiger partial charge is 0.489 e. The van der Waals surface area contributed by atoms with Crippen LogP contribution in [0, 0.1) is 0 Å². The molecule has 1 aliphatic rings. The van der Waals surface area contributed by atoms with Gasteiger partial charge < -0.3 is 15.8 Å². The number of nitrogens with two attached hydrogens (primary N) is 1. The highest BCUT2D eigenvalue weighted by atomic mass is 32.2. The molecule has 0 heterocycles. The molecule has 8 heteroatoms. The maximum Gasteiger partial charge on any atom is 0.220 e. The van der Waals surface area contributed by atoms with E-state index in [1.54, 1.807) is 12.1 Å². The summed E-state index contributed by atoms with van der Waals surface area (Å²) in [5, 5.41) is 2.99. The van der Waals surface area contributed by atoms with Crippen molar-refractivity contribution in [2.75, 3.05) is 18.9 Å². The molecular weight excluding hydrogens is 383 g/mol. The van der Waals surface area contributed by atoms with Gasteiger partial charge in [-0.3, -0.25) is 4.79 Å². The fourth-order valence-corrected chi connectivity index (χ4v) is 4.01. The number of unbranched alkanes of at least 4 members (excludes halogenated alkanes) is 2. The molecule has 1 aromatic rings. The number of hydrogen-bond donors (Lipinski definition) is 2. The first-order chi connectivity index (χ1) is 13.3. The van der Waals surface area contributed by atoms with Crippen LogP contribution in [-0.4, -0.2) is 38.8 Å². The van der Waals surface area contributed by atoms with Gasteiger partial charge in [-0.25, -0.2) is 12.8 Å². The Hall–Kier alpha value is -1.93. The van der Waals surface area contributed by atoms with E-state index in [0.29, 0.717) is 43.3 Å². The lowest BCUT2D eigenvalue weighted by molar-refractivity contribution is -0.122. The second kappa shape index (κ2) is 10.0. The van der Waals surface area contributed by atoms with Gasteiger partial charge in [0.2, 0.25) is 5.91 Å². The van der Waals surface area contributed by atoms with Gasteiger partial charge in [0.05, 0.1) is 17.0 Å². The molecule has 1 aromatic carbocycles. The molecule has 3 N–H and O–H groups in total. The minimum Gasteiger partial charge on any atom is -0.489 e. The molecule has 1 amide bonds. The minimum atomic E-state index is -3.38. The fourth-order valence-electron chi connectivity index (χ4n) is 2.64. The van der Waals surface area contributed by atoms with Crippen LogP contribution >= 0.6 is 0 Å². The summed E-state index contributed by atoms with van der Waals surface area (Å²) < 4.78 is 42.6. The molecule has 1 fully saturated rings. The van der Waals surface area contributed by atoms with Crippen molar-refractivity contribution in [2.45, 2.75) is 55.9 Å². The quantitative estimate of drug-likeness (QED) is 0.515. The third-order valence-electron chi connectivity index (χ3n) is 4.78. The smallest absolute Gasteiger partial charge is 0.220 e. The van der Waals surface area contributed by atoms with E-state index in [4.69, 9.17) is 10.5 Å². The summed E-state index contributed by atoms with van der Waals surface area (Å²) in [6, 6.07) is 6.05. The van der Waals surface area contributed by atoms with E-state index in [9.17, 15) is 17.6 Å². The molecule has 0 bridgehead atoms. The second-order valence-electron chi connectivity index (χ2n) is 7.47. The highest BCUT2D eigenvalue weighted by Crippen LogP contribution is 2.34. The zero-order valence-corrected chi connectivity index (χ0v) is 17.1. The van der Waals surface area contributed by atoms with Crippen molar-refractivity contribution in [2.24, 2.45) is 5.73 Å². The average molecular weight is 413 g/mol. The lowest BCUT2D eigenvalue weighted by Gasteiger charge is -2.11. The zero-order chi connectivity index (χ0) is 20.6. The van der Waals surface area contributed by atoms with Crippen LogP contribution in [0.5, 0.6) is 5.75 Å². The van der Waals surface area contributed by atoms with Crippen molar-refractivity contribution in [3.63, 3.8) is 0 Å². The summed E-state index contributed by atoms with van der Waals surface area (Å²) in [4.78, 5) is 12.0. The first-order valence-electron chi connectivity index (χ1n) is 9.53. The van der Waals surface area contributed by atoms with E-state index in [2.05, 4.69) is 5.32 Å². The van der Waals surface area contributed by atoms with Crippen LogP contribution in [0.3, 0.4) is 0 Å². The Morgan fingerprint density at radius 2 is 1.93 bits per heavy atom. The molecule has 0 aliphatic heterocycles. The monoisotopic (exact) mass is 412 g/mol. The van der Waals surface area contributed by atoms with E-state index in [1.165, 1.54) is 12.1 Å². The van der Waals surface area contributed by atoms with Gasteiger partial charge in [0, 0.05) is 24.1 Å². The van der Waals surface area contributed by atoms with E-state index in [0.717, 1.165) is 12.8 Å². The van der Waals surface area contributed by atoms with Gasteiger partial charge in [0.15, 0.2) is 9.84 Å². The number of sulfone groups is 1. The SMILES string of the molecule is CC1(NC(=O)CCCCCS(=O)(=O)c2ccc(OC/C(=C/F)CN)cc2)CC1. The Morgan fingerprint density at radius 3 is 2.50 bits per heavy atom. The Balaban J connectivity index is 1.72. The van der Waals surface area contributed by atoms with Crippen molar-refractivity contribution >= 4 is 15.7 Å². The van der Waals surface area contributed by atoms with Gasteiger partial charge in [-0.15, -0.1) is 0 Å². The number of hydrogen-bond acceptors (Lipinski definition) is 5. The van der Waals surface area contributed by atoms with Crippen molar-refractivity contribution in [3.05, 3.63) is 36.2 Å². The summed E-state index contributed by atoms with van der Waals surface area (Å²) in [5.74, 6) is 0.523. The number of carbonyl (C=O) groups excluding carboxylic acids is 1. The molecule has 2 rings (SSSR count). The lowest BCUT2D eigenvalue weighted by Crippen LogP contribution is -2.33. The fraction of sp³-hybridized carbons (Fsp3) is 0.550. The molecule has 6 nitrogen and oxygen atoms in total. The highest BCUT2D eigenvalue weighted by molar-refractivity contribution is 7.91. The van der Waals surface area contributed by atoms with Gasteiger partial charge >= 0.3 is 0 Å². The molecule has 0 unspecified atom stereocenters. The van der Waals surface area contributed by atoms with Gasteiger partial charge in [0.25, 0.3) is 0 Å². The summed E-state index contributed by atoms with van der Waals surface area (Å²) in [6.45, 7) is 2.11. The third-order valence-corrected chi connectivity index (χ3v) is 6.60. The zero-order valence-electron chi connectivity index (χ0n) is 16.2. The van der Waals surface area contributed by atoms with Gasteiger partial charge in [-0.1, -0.05) is 6.42 Å². The Morgan fingerprint density at radius 1 is 1.25 bits per heavy atom. The first kappa shape index (κ1) is 22.4. The maximum atomic E-state index is 12.5. The van der Waals surface area contributed by atoms with E-state index >= 15 is 0 Å². The summed E-state index contributed by atoms with van der Waals surface area (Å²) >= 11 is 0. The number of amides is 1. The van der Waals surface area contributed by atoms with E-state index in [-0.39, 0.29) is 35.2 Å². The lowest BCUT2D eigenvalue weighted by atomic mass is 10.2. The number of halogens is 1. The number of benzene rings is 1. The van der Waals surface area contributed by atoms with Crippen LogP contribution in [0.4, 0.5) is 4.39 Å². The molecule has 1 aliphatic carbocycles. The Kier molecular flexibility index (Phi) is 8.00. The van der Waals surface area contributed by atoms with Crippen LogP contribution in [-0.2, 0) is 14.6 Å². The van der Waals surface area contributed by atoms with E-state index < -0.39 is 9.84 Å². The molecule has 0 aromatic heterocycles. The molecule has 28 heavy (non-hydrogen) atoms. The number of ether oxygens (including phenoxy) is 1. The van der Waals surface area contributed by atoms with Crippen LogP contribution in [0.15, 0.2) is 41.1 Å². The maximum absolute atomic E-state index is 12.5.